The Morgan fingerprint density at radius 3 is 2.48 bits per heavy atom. The number of aromatic nitrogens is 2. The van der Waals surface area contributed by atoms with Crippen molar-refractivity contribution in [1.82, 2.24) is 9.55 Å². The molecule has 0 spiro atoms. The highest BCUT2D eigenvalue weighted by Crippen LogP contribution is 2.18. The fourth-order valence-corrected chi connectivity index (χ4v) is 2.87. The van der Waals surface area contributed by atoms with Crippen molar-refractivity contribution in [2.75, 3.05) is 37.5 Å². The van der Waals surface area contributed by atoms with Crippen molar-refractivity contribution in [3.63, 3.8) is 0 Å². The molecule has 1 aromatic heterocycles. The number of carbonyl (C=O) groups is 2. The normalized spacial score (nSPS) is 10.8. The van der Waals surface area contributed by atoms with Crippen LogP contribution in [-0.2, 0) is 25.6 Å². The van der Waals surface area contributed by atoms with Crippen molar-refractivity contribution in [2.24, 2.45) is 5.92 Å². The predicted octanol–water partition coefficient (Wildman–Crippen LogP) is 0.736. The van der Waals surface area contributed by atoms with Crippen LogP contribution in [0.1, 0.15) is 25.8 Å². The smallest absolute Gasteiger partial charge is 0.330 e. The summed E-state index contributed by atoms with van der Waals surface area (Å²) in [5.41, 5.74) is 5.32. The molecule has 0 fully saturated rings. The first kappa shape index (κ1) is 23.9. The highest BCUT2D eigenvalue weighted by Gasteiger charge is 2.25. The van der Waals surface area contributed by atoms with Gasteiger partial charge in [-0.15, -0.1) is 0 Å². The number of nitrogen functional groups attached to an aromatic ring is 1. The summed E-state index contributed by atoms with van der Waals surface area (Å²) in [6, 6.07) is 9.08. The summed E-state index contributed by atoms with van der Waals surface area (Å²) < 4.78 is 11.2. The zero-order chi connectivity index (χ0) is 23.0. The molecule has 0 radical (unpaired) electrons. The highest BCUT2D eigenvalue weighted by molar-refractivity contribution is 5.97. The standard InChI is InChI=1S/C21H28N4O6/c1-14(2)20(28)31-13-16(26)24(10-7-11-30-3)17-18(22)25(21(29)23-19(17)27)12-15-8-5-4-6-9-15/h4-6,8-9,14H,7,10-13,22H2,1-3H3,(H,23,27,29). The molecule has 10 heteroatoms. The van der Waals surface area contributed by atoms with E-state index in [-0.39, 0.29) is 24.6 Å². The van der Waals surface area contributed by atoms with E-state index in [1.165, 1.54) is 11.7 Å². The third kappa shape index (κ3) is 6.29. The number of esters is 1. The minimum atomic E-state index is -0.798. The van der Waals surface area contributed by atoms with E-state index in [1.807, 2.05) is 30.3 Å². The van der Waals surface area contributed by atoms with E-state index in [4.69, 9.17) is 15.2 Å². The molecule has 1 aromatic carbocycles. The number of anilines is 2. The molecule has 0 saturated heterocycles. The number of rotatable bonds is 10. The van der Waals surface area contributed by atoms with E-state index in [9.17, 15) is 19.2 Å². The zero-order valence-electron chi connectivity index (χ0n) is 17.9. The number of nitrogens with two attached hydrogens (primary N) is 1. The van der Waals surface area contributed by atoms with Crippen LogP contribution in [-0.4, -0.2) is 48.3 Å². The Labute approximate surface area is 179 Å². The SMILES string of the molecule is COCCCN(C(=O)COC(=O)C(C)C)c1c(N)n(Cc2ccccc2)c(=O)[nH]c1=O. The fourth-order valence-electron chi connectivity index (χ4n) is 2.87. The minimum Gasteiger partial charge on any atom is -0.455 e. The molecule has 0 unspecified atom stereocenters. The Kier molecular flexibility index (Phi) is 8.56. The summed E-state index contributed by atoms with van der Waals surface area (Å²) in [4.78, 5) is 52.9. The van der Waals surface area contributed by atoms with Crippen LogP contribution in [0.5, 0.6) is 0 Å². The molecule has 10 nitrogen and oxygen atoms in total. The van der Waals surface area contributed by atoms with Gasteiger partial charge in [-0.3, -0.25) is 23.9 Å². The average molecular weight is 432 g/mol. The van der Waals surface area contributed by atoms with Crippen molar-refractivity contribution in [3.8, 4) is 0 Å². The zero-order valence-corrected chi connectivity index (χ0v) is 17.9. The Bertz CT molecular complexity index is 1010. The molecule has 1 amide bonds. The summed E-state index contributed by atoms with van der Waals surface area (Å²) in [6.07, 6.45) is 0.400. The van der Waals surface area contributed by atoms with Gasteiger partial charge in [0.25, 0.3) is 11.5 Å². The van der Waals surface area contributed by atoms with E-state index in [2.05, 4.69) is 4.98 Å². The summed E-state index contributed by atoms with van der Waals surface area (Å²) >= 11 is 0. The van der Waals surface area contributed by atoms with Gasteiger partial charge in [0.1, 0.15) is 5.82 Å². The summed E-state index contributed by atoms with van der Waals surface area (Å²) in [5.74, 6) is -1.73. The second-order valence-electron chi connectivity index (χ2n) is 7.22. The number of ether oxygens (including phenoxy) is 2. The number of carbonyl (C=O) groups excluding carboxylic acids is 2. The average Bonchev–Trinajstić information content (AvgIpc) is 2.74. The first-order valence-corrected chi connectivity index (χ1v) is 9.88. The van der Waals surface area contributed by atoms with E-state index in [0.29, 0.717) is 13.0 Å². The van der Waals surface area contributed by atoms with Gasteiger partial charge in [0.15, 0.2) is 12.3 Å². The molecular formula is C21H28N4O6. The van der Waals surface area contributed by atoms with Gasteiger partial charge in [0, 0.05) is 20.3 Å². The van der Waals surface area contributed by atoms with Gasteiger partial charge in [0.05, 0.1) is 12.5 Å². The van der Waals surface area contributed by atoms with Crippen molar-refractivity contribution in [1.29, 1.82) is 0 Å². The maximum atomic E-state index is 12.8. The molecule has 31 heavy (non-hydrogen) atoms. The number of amides is 1. The van der Waals surface area contributed by atoms with Crippen LogP contribution in [0.3, 0.4) is 0 Å². The van der Waals surface area contributed by atoms with Gasteiger partial charge in [-0.25, -0.2) is 4.79 Å². The second kappa shape index (κ2) is 11.1. The molecule has 168 valence electrons. The molecule has 1 heterocycles. The Hall–Kier alpha value is -3.40. The quantitative estimate of drug-likeness (QED) is 0.417. The first-order valence-electron chi connectivity index (χ1n) is 9.88. The number of aromatic amines is 1. The van der Waals surface area contributed by atoms with Crippen LogP contribution in [0.25, 0.3) is 0 Å². The van der Waals surface area contributed by atoms with Gasteiger partial charge in [-0.2, -0.15) is 0 Å². The topological polar surface area (TPSA) is 137 Å². The van der Waals surface area contributed by atoms with Crippen molar-refractivity contribution in [2.45, 2.75) is 26.8 Å². The number of benzene rings is 1. The van der Waals surface area contributed by atoms with E-state index < -0.39 is 35.7 Å². The molecule has 0 aliphatic heterocycles. The first-order chi connectivity index (χ1) is 14.8. The lowest BCUT2D eigenvalue weighted by molar-refractivity contribution is -0.150. The molecule has 3 N–H and O–H groups in total. The molecule has 0 bridgehead atoms. The fraction of sp³-hybridized carbons (Fsp3) is 0.429. The molecule has 0 saturated carbocycles. The van der Waals surface area contributed by atoms with Crippen LogP contribution >= 0.6 is 0 Å². The number of methoxy groups -OCH3 is 1. The van der Waals surface area contributed by atoms with E-state index in [1.54, 1.807) is 13.8 Å². The van der Waals surface area contributed by atoms with Crippen LogP contribution in [0.4, 0.5) is 11.5 Å². The number of nitrogens with one attached hydrogen (secondary N) is 1. The van der Waals surface area contributed by atoms with Crippen LogP contribution in [0.15, 0.2) is 39.9 Å². The molecular weight excluding hydrogens is 404 g/mol. The van der Waals surface area contributed by atoms with Crippen LogP contribution < -0.4 is 21.9 Å². The van der Waals surface area contributed by atoms with Crippen molar-refractivity contribution >= 4 is 23.4 Å². The minimum absolute atomic E-state index is 0.0860. The molecule has 0 aliphatic carbocycles. The van der Waals surface area contributed by atoms with Gasteiger partial charge in [-0.1, -0.05) is 44.2 Å². The maximum absolute atomic E-state index is 12.8. The number of hydrogen-bond donors (Lipinski definition) is 2. The van der Waals surface area contributed by atoms with Crippen LogP contribution in [0, 0.1) is 5.92 Å². The lowest BCUT2D eigenvalue weighted by Crippen LogP contribution is -2.43. The van der Waals surface area contributed by atoms with E-state index in [0.717, 1.165) is 10.5 Å². The Balaban J connectivity index is 2.42. The molecule has 0 atom stereocenters. The van der Waals surface area contributed by atoms with Crippen molar-refractivity contribution < 1.29 is 19.1 Å². The second-order valence-corrected chi connectivity index (χ2v) is 7.22. The maximum Gasteiger partial charge on any atom is 0.330 e. The van der Waals surface area contributed by atoms with Gasteiger partial charge in [-0.05, 0) is 12.0 Å². The van der Waals surface area contributed by atoms with Gasteiger partial charge < -0.3 is 20.1 Å². The number of hydrogen-bond acceptors (Lipinski definition) is 7. The monoisotopic (exact) mass is 432 g/mol. The summed E-state index contributed by atoms with van der Waals surface area (Å²) in [6.45, 7) is 3.26. The Morgan fingerprint density at radius 1 is 1.19 bits per heavy atom. The largest absolute Gasteiger partial charge is 0.455 e. The number of H-pyrrole nitrogens is 1. The summed E-state index contributed by atoms with van der Waals surface area (Å²) in [5, 5.41) is 0. The third-order valence-corrected chi connectivity index (χ3v) is 4.51. The predicted molar refractivity (Wildman–Crippen MR) is 116 cm³/mol. The van der Waals surface area contributed by atoms with Crippen LogP contribution in [0.2, 0.25) is 0 Å². The van der Waals surface area contributed by atoms with Gasteiger partial charge >= 0.3 is 11.7 Å². The lowest BCUT2D eigenvalue weighted by Gasteiger charge is -2.24. The van der Waals surface area contributed by atoms with Crippen molar-refractivity contribution in [3.05, 3.63) is 56.7 Å². The summed E-state index contributed by atoms with van der Waals surface area (Å²) in [7, 11) is 1.51. The third-order valence-electron chi connectivity index (χ3n) is 4.51. The van der Waals surface area contributed by atoms with Gasteiger partial charge in [0.2, 0.25) is 0 Å². The Morgan fingerprint density at radius 2 is 1.87 bits per heavy atom. The molecule has 2 aromatic rings. The molecule has 0 aliphatic rings. The van der Waals surface area contributed by atoms with E-state index >= 15 is 0 Å². The number of nitrogens with zero attached hydrogens (tertiary/aromatic N) is 2. The molecule has 2 rings (SSSR count). The lowest BCUT2D eigenvalue weighted by atomic mass is 10.2. The highest BCUT2D eigenvalue weighted by atomic mass is 16.5.